The van der Waals surface area contributed by atoms with E-state index in [1.807, 2.05) is 17.5 Å². The summed E-state index contributed by atoms with van der Waals surface area (Å²) in [7, 11) is 0. The number of carbonyl (C=O) groups excluding carboxylic acids is 3. The third-order valence-corrected chi connectivity index (χ3v) is 5.65. The molecular formula is C19H18FN3O3S. The van der Waals surface area contributed by atoms with Crippen LogP contribution in [0.5, 0.6) is 0 Å². The van der Waals surface area contributed by atoms with Gasteiger partial charge in [0.1, 0.15) is 18.9 Å². The minimum Gasteiger partial charge on any atom is -0.343 e. The van der Waals surface area contributed by atoms with Gasteiger partial charge >= 0.3 is 6.03 Å². The van der Waals surface area contributed by atoms with E-state index in [1.54, 1.807) is 12.1 Å². The molecule has 1 saturated carbocycles. The molecule has 8 heteroatoms. The van der Waals surface area contributed by atoms with Crippen molar-refractivity contribution < 1.29 is 18.8 Å². The zero-order valence-corrected chi connectivity index (χ0v) is 15.2. The molecule has 1 unspecified atom stereocenters. The summed E-state index contributed by atoms with van der Waals surface area (Å²) in [4.78, 5) is 40.5. The Morgan fingerprint density at radius 2 is 1.96 bits per heavy atom. The van der Waals surface area contributed by atoms with Crippen LogP contribution in [0.15, 0.2) is 41.8 Å². The van der Waals surface area contributed by atoms with Crippen molar-refractivity contribution in [3.8, 4) is 0 Å². The maximum absolute atomic E-state index is 13.2. The van der Waals surface area contributed by atoms with E-state index < -0.39 is 18.0 Å². The molecule has 1 N–H and O–H groups in total. The van der Waals surface area contributed by atoms with Crippen molar-refractivity contribution in [1.82, 2.24) is 15.1 Å². The topological polar surface area (TPSA) is 69.7 Å². The highest BCUT2D eigenvalue weighted by Gasteiger charge is 2.44. The number of nitrogens with zero attached hydrogens (tertiary/aromatic N) is 2. The molecule has 1 aromatic heterocycles. The van der Waals surface area contributed by atoms with Gasteiger partial charge in [-0.15, -0.1) is 11.3 Å². The number of rotatable bonds is 6. The number of carbonyl (C=O) groups is 3. The maximum Gasteiger partial charge on any atom is 0.327 e. The molecule has 2 aliphatic rings. The van der Waals surface area contributed by atoms with Crippen molar-refractivity contribution in [3.05, 3.63) is 58.0 Å². The Morgan fingerprint density at radius 1 is 1.22 bits per heavy atom. The molecule has 0 spiro atoms. The number of thiophene rings is 1. The maximum atomic E-state index is 13.2. The molecule has 140 valence electrons. The lowest BCUT2D eigenvalue weighted by atomic mass is 10.1. The van der Waals surface area contributed by atoms with Gasteiger partial charge in [-0.2, -0.15) is 0 Å². The lowest BCUT2D eigenvalue weighted by molar-refractivity contribution is -0.131. The van der Waals surface area contributed by atoms with Gasteiger partial charge in [-0.05, 0) is 42.0 Å². The molecule has 0 radical (unpaired) electrons. The predicted molar refractivity (Wildman–Crippen MR) is 97.5 cm³/mol. The smallest absolute Gasteiger partial charge is 0.327 e. The monoisotopic (exact) mass is 387 g/mol. The summed E-state index contributed by atoms with van der Waals surface area (Å²) in [5.41, 5.74) is 0.728. The van der Waals surface area contributed by atoms with Crippen molar-refractivity contribution in [3.63, 3.8) is 0 Å². The molecule has 2 heterocycles. The van der Waals surface area contributed by atoms with Gasteiger partial charge < -0.3 is 10.2 Å². The normalized spacial score (nSPS) is 18.1. The Bertz CT molecular complexity index is 865. The van der Waals surface area contributed by atoms with Gasteiger partial charge in [0.15, 0.2) is 0 Å². The molecule has 27 heavy (non-hydrogen) atoms. The number of benzene rings is 1. The van der Waals surface area contributed by atoms with E-state index in [1.165, 1.54) is 28.4 Å². The summed E-state index contributed by atoms with van der Waals surface area (Å²) in [5.74, 6) is -1.14. The fraction of sp³-hybridized carbons (Fsp3) is 0.316. The highest BCUT2D eigenvalue weighted by Crippen LogP contribution is 2.30. The fourth-order valence-corrected chi connectivity index (χ4v) is 3.97. The molecule has 1 aromatic carbocycles. The molecule has 1 aliphatic heterocycles. The van der Waals surface area contributed by atoms with Crippen molar-refractivity contribution >= 4 is 29.2 Å². The third-order valence-electron chi connectivity index (χ3n) is 4.71. The van der Waals surface area contributed by atoms with E-state index in [0.717, 1.165) is 28.2 Å². The van der Waals surface area contributed by atoms with Gasteiger partial charge in [-0.3, -0.25) is 14.5 Å². The van der Waals surface area contributed by atoms with Crippen molar-refractivity contribution in [1.29, 1.82) is 0 Å². The first-order chi connectivity index (χ1) is 13.0. The Labute approximate surface area is 159 Å². The summed E-state index contributed by atoms with van der Waals surface area (Å²) in [6.45, 7) is -0.271. The molecule has 6 nitrogen and oxygen atoms in total. The van der Waals surface area contributed by atoms with Crippen molar-refractivity contribution in [2.24, 2.45) is 0 Å². The summed E-state index contributed by atoms with van der Waals surface area (Å²) in [6.07, 6.45) is 1.81. The average Bonchev–Trinajstić information content (AvgIpc) is 3.28. The van der Waals surface area contributed by atoms with Gasteiger partial charge in [0, 0.05) is 10.9 Å². The second-order valence-corrected chi connectivity index (χ2v) is 7.67. The van der Waals surface area contributed by atoms with Gasteiger partial charge in [-0.1, -0.05) is 18.2 Å². The molecule has 4 rings (SSSR count). The Hall–Kier alpha value is -2.74. The van der Waals surface area contributed by atoms with Crippen molar-refractivity contribution in [2.45, 2.75) is 24.9 Å². The van der Waals surface area contributed by atoms with E-state index in [2.05, 4.69) is 5.32 Å². The van der Waals surface area contributed by atoms with Crippen LogP contribution in [0.4, 0.5) is 9.18 Å². The number of imide groups is 1. The number of nitrogens with one attached hydrogen (secondary N) is 1. The van der Waals surface area contributed by atoms with Crippen LogP contribution in [0, 0.1) is 5.82 Å². The Balaban J connectivity index is 1.48. The number of urea groups is 1. The number of hydrogen-bond donors (Lipinski definition) is 1. The summed E-state index contributed by atoms with van der Waals surface area (Å²) < 4.78 is 13.2. The zero-order chi connectivity index (χ0) is 19.0. The molecule has 1 atom stereocenters. The SMILES string of the molecule is O=C(CN1C(=O)CN(C2CC2)C1=O)NC(c1ccc(F)cc1)c1cccs1. The van der Waals surface area contributed by atoms with E-state index in [9.17, 15) is 18.8 Å². The van der Waals surface area contributed by atoms with Crippen LogP contribution in [0.2, 0.25) is 0 Å². The van der Waals surface area contributed by atoms with Crippen LogP contribution in [0.3, 0.4) is 0 Å². The average molecular weight is 387 g/mol. The molecule has 2 aromatic rings. The van der Waals surface area contributed by atoms with Crippen LogP contribution in [0.25, 0.3) is 0 Å². The predicted octanol–water partition coefficient (Wildman–Crippen LogP) is 2.52. The highest BCUT2D eigenvalue weighted by atomic mass is 32.1. The van der Waals surface area contributed by atoms with Gasteiger partial charge in [0.2, 0.25) is 5.91 Å². The molecule has 1 saturated heterocycles. The molecule has 1 aliphatic carbocycles. The standard InChI is InChI=1S/C19H18FN3O3S/c20-13-5-3-12(4-6-13)18(15-2-1-9-27-15)21-16(24)10-23-17(25)11-22(19(23)26)14-7-8-14/h1-6,9,14,18H,7-8,10-11H2,(H,21,24). The zero-order valence-electron chi connectivity index (χ0n) is 14.4. The number of halogens is 1. The van der Waals surface area contributed by atoms with Crippen LogP contribution >= 0.6 is 11.3 Å². The first-order valence-electron chi connectivity index (χ1n) is 8.72. The van der Waals surface area contributed by atoms with Crippen LogP contribution < -0.4 is 5.32 Å². The Kier molecular flexibility index (Phi) is 4.65. The van der Waals surface area contributed by atoms with E-state index in [0.29, 0.717) is 0 Å². The highest BCUT2D eigenvalue weighted by molar-refractivity contribution is 7.10. The van der Waals surface area contributed by atoms with Crippen LogP contribution in [-0.4, -0.2) is 46.8 Å². The van der Waals surface area contributed by atoms with Crippen LogP contribution in [0.1, 0.15) is 29.3 Å². The summed E-state index contributed by atoms with van der Waals surface area (Å²) >= 11 is 1.46. The van der Waals surface area contributed by atoms with Crippen molar-refractivity contribution in [2.75, 3.05) is 13.1 Å². The first-order valence-corrected chi connectivity index (χ1v) is 9.60. The van der Waals surface area contributed by atoms with Crippen LogP contribution in [-0.2, 0) is 9.59 Å². The Morgan fingerprint density at radius 3 is 2.59 bits per heavy atom. The second kappa shape index (κ2) is 7.11. The van der Waals surface area contributed by atoms with E-state index >= 15 is 0 Å². The molecule has 2 fully saturated rings. The first kappa shape index (κ1) is 17.7. The third kappa shape index (κ3) is 3.71. The molecular weight excluding hydrogens is 369 g/mol. The molecule has 0 bridgehead atoms. The second-order valence-electron chi connectivity index (χ2n) is 6.69. The fourth-order valence-electron chi connectivity index (χ4n) is 3.17. The van der Waals surface area contributed by atoms with Gasteiger partial charge in [-0.25, -0.2) is 9.18 Å². The number of amides is 4. The number of hydrogen-bond acceptors (Lipinski definition) is 4. The molecule has 4 amide bonds. The van der Waals surface area contributed by atoms with E-state index in [-0.39, 0.29) is 30.9 Å². The summed E-state index contributed by atoms with van der Waals surface area (Å²) in [6, 6.07) is 8.91. The lowest BCUT2D eigenvalue weighted by Crippen LogP contribution is -2.42. The van der Waals surface area contributed by atoms with Gasteiger partial charge in [0.25, 0.3) is 5.91 Å². The van der Waals surface area contributed by atoms with Gasteiger partial charge in [0.05, 0.1) is 6.04 Å². The largest absolute Gasteiger partial charge is 0.343 e. The minimum absolute atomic E-state index is 0.0447. The lowest BCUT2D eigenvalue weighted by Gasteiger charge is -2.20. The van der Waals surface area contributed by atoms with E-state index in [4.69, 9.17) is 0 Å². The summed E-state index contributed by atoms with van der Waals surface area (Å²) in [5, 5.41) is 4.76. The quantitative estimate of drug-likeness (QED) is 0.775. The minimum atomic E-state index is -0.467.